The molecule has 2 aliphatic heterocycles. The molecule has 26 heavy (non-hydrogen) atoms. The smallest absolute Gasteiger partial charge is 0.289 e. The first kappa shape index (κ1) is 17.2. The molecule has 3 heterocycles. The number of piperidine rings is 1. The molecule has 1 N–H and O–H groups in total. The van der Waals surface area contributed by atoms with Crippen LogP contribution in [0.3, 0.4) is 0 Å². The summed E-state index contributed by atoms with van der Waals surface area (Å²) in [5.41, 5.74) is 3.63. The fraction of sp³-hybridized carbons (Fsp3) is 0.476. The summed E-state index contributed by atoms with van der Waals surface area (Å²) in [7, 11) is 1.99. The number of fused-ring (bicyclic) bond motifs is 1. The third-order valence-corrected chi connectivity index (χ3v) is 5.82. The van der Waals surface area contributed by atoms with E-state index in [0.717, 1.165) is 37.9 Å². The summed E-state index contributed by atoms with van der Waals surface area (Å²) in [4.78, 5) is 17.3. The van der Waals surface area contributed by atoms with Gasteiger partial charge in [-0.05, 0) is 50.9 Å². The van der Waals surface area contributed by atoms with Gasteiger partial charge >= 0.3 is 0 Å². The fourth-order valence-corrected chi connectivity index (χ4v) is 4.22. The molecule has 1 fully saturated rings. The summed E-state index contributed by atoms with van der Waals surface area (Å²) in [5, 5.41) is 3.30. The minimum Gasteiger partial charge on any atom is -0.459 e. The van der Waals surface area contributed by atoms with Gasteiger partial charge in [-0.15, -0.1) is 0 Å². The Morgan fingerprint density at radius 3 is 2.77 bits per heavy atom. The lowest BCUT2D eigenvalue weighted by molar-refractivity contribution is 0.0673. The standard InChI is InChI=1S/C21H27N3O2/c1-15-13-16-5-3-4-6-19(16)24(15)14-17-9-12-26-20(17)21(25)23-10-7-18(22-2)8-11-23/h3-6,9,12,15,18,22H,7-8,10-11,13-14H2,1-2H3. The Bertz CT molecular complexity index is 777. The third-order valence-electron chi connectivity index (χ3n) is 5.82. The van der Waals surface area contributed by atoms with Crippen molar-refractivity contribution in [1.29, 1.82) is 0 Å². The van der Waals surface area contributed by atoms with Crippen LogP contribution >= 0.6 is 0 Å². The van der Waals surface area contributed by atoms with E-state index in [1.807, 2.05) is 18.0 Å². The van der Waals surface area contributed by atoms with Crippen molar-refractivity contribution in [1.82, 2.24) is 10.2 Å². The molecule has 1 saturated heterocycles. The molecular weight excluding hydrogens is 326 g/mol. The van der Waals surface area contributed by atoms with E-state index in [9.17, 15) is 4.79 Å². The van der Waals surface area contributed by atoms with Gasteiger partial charge in [-0.1, -0.05) is 18.2 Å². The minimum absolute atomic E-state index is 0.0275. The molecule has 2 aliphatic rings. The zero-order chi connectivity index (χ0) is 18.1. The zero-order valence-electron chi connectivity index (χ0n) is 15.6. The Hall–Kier alpha value is -2.27. The summed E-state index contributed by atoms with van der Waals surface area (Å²) in [6.07, 6.45) is 4.69. The molecule has 1 aromatic heterocycles. The van der Waals surface area contributed by atoms with Crippen molar-refractivity contribution < 1.29 is 9.21 Å². The number of likely N-dealkylation sites (tertiary alicyclic amines) is 1. The van der Waals surface area contributed by atoms with Crippen molar-refractivity contribution in [3.8, 4) is 0 Å². The van der Waals surface area contributed by atoms with E-state index in [4.69, 9.17) is 4.42 Å². The third kappa shape index (κ3) is 3.12. The summed E-state index contributed by atoms with van der Waals surface area (Å²) in [5.74, 6) is 0.532. The van der Waals surface area contributed by atoms with E-state index in [0.29, 0.717) is 24.4 Å². The number of nitrogens with zero attached hydrogens (tertiary/aromatic N) is 2. The SMILES string of the molecule is CNC1CCN(C(=O)c2occc2CN2c3ccccc3CC2C)CC1. The van der Waals surface area contributed by atoms with Crippen molar-refractivity contribution in [3.05, 3.63) is 53.5 Å². The highest BCUT2D eigenvalue weighted by Gasteiger charge is 2.30. The number of nitrogens with one attached hydrogen (secondary N) is 1. The molecule has 138 valence electrons. The molecule has 0 bridgehead atoms. The van der Waals surface area contributed by atoms with E-state index in [1.165, 1.54) is 11.3 Å². The van der Waals surface area contributed by atoms with E-state index in [2.05, 4.69) is 41.4 Å². The summed E-state index contributed by atoms with van der Waals surface area (Å²) >= 11 is 0. The van der Waals surface area contributed by atoms with Crippen LogP contribution in [0, 0.1) is 0 Å². The lowest BCUT2D eigenvalue weighted by atomic mass is 10.0. The van der Waals surface area contributed by atoms with E-state index in [-0.39, 0.29) is 5.91 Å². The van der Waals surface area contributed by atoms with Gasteiger partial charge in [0.25, 0.3) is 5.91 Å². The van der Waals surface area contributed by atoms with Gasteiger partial charge in [-0.25, -0.2) is 0 Å². The van der Waals surface area contributed by atoms with Gasteiger partial charge in [-0.2, -0.15) is 0 Å². The molecule has 1 aromatic carbocycles. The fourth-order valence-electron chi connectivity index (χ4n) is 4.22. The Morgan fingerprint density at radius 2 is 2.00 bits per heavy atom. The molecule has 5 heteroatoms. The molecule has 1 atom stereocenters. The molecule has 1 unspecified atom stereocenters. The van der Waals surface area contributed by atoms with Crippen molar-refractivity contribution in [2.45, 2.75) is 44.8 Å². The Balaban J connectivity index is 1.50. The van der Waals surface area contributed by atoms with Crippen LogP contribution in [0.15, 0.2) is 41.0 Å². The molecular formula is C21H27N3O2. The molecule has 4 rings (SSSR count). The number of carbonyl (C=O) groups is 1. The van der Waals surface area contributed by atoms with Gasteiger partial charge in [0.2, 0.25) is 0 Å². The highest BCUT2D eigenvalue weighted by atomic mass is 16.3. The number of rotatable bonds is 4. The molecule has 2 aromatic rings. The maximum atomic E-state index is 13.0. The number of anilines is 1. The second-order valence-corrected chi connectivity index (χ2v) is 7.44. The first-order valence-electron chi connectivity index (χ1n) is 9.55. The number of para-hydroxylation sites is 1. The van der Waals surface area contributed by atoms with Crippen molar-refractivity contribution in [2.24, 2.45) is 0 Å². The summed E-state index contributed by atoms with van der Waals surface area (Å²) in [6, 6.07) is 11.4. The van der Waals surface area contributed by atoms with Gasteiger partial charge in [0.15, 0.2) is 5.76 Å². The molecule has 0 aliphatic carbocycles. The van der Waals surface area contributed by atoms with Crippen LogP contribution in [0.5, 0.6) is 0 Å². The van der Waals surface area contributed by atoms with Crippen LogP contribution in [0.4, 0.5) is 5.69 Å². The molecule has 0 radical (unpaired) electrons. The predicted molar refractivity (Wildman–Crippen MR) is 102 cm³/mol. The van der Waals surface area contributed by atoms with Gasteiger partial charge in [0.05, 0.1) is 6.26 Å². The minimum atomic E-state index is 0.0275. The average molecular weight is 353 g/mol. The Labute approximate surface area is 155 Å². The summed E-state index contributed by atoms with van der Waals surface area (Å²) in [6.45, 7) is 4.52. The van der Waals surface area contributed by atoms with Crippen LogP contribution in [0.25, 0.3) is 0 Å². The molecule has 1 amide bonds. The van der Waals surface area contributed by atoms with Crippen LogP contribution < -0.4 is 10.2 Å². The van der Waals surface area contributed by atoms with Gasteiger partial charge < -0.3 is 19.5 Å². The van der Waals surface area contributed by atoms with Gasteiger partial charge in [0, 0.05) is 43.0 Å². The predicted octanol–water partition coefficient (Wildman–Crippen LogP) is 3.05. The normalized spacial score (nSPS) is 20.5. The number of hydrogen-bond donors (Lipinski definition) is 1. The lowest BCUT2D eigenvalue weighted by Crippen LogP contribution is -2.44. The maximum absolute atomic E-state index is 13.0. The number of hydrogen-bond acceptors (Lipinski definition) is 4. The second kappa shape index (κ2) is 7.16. The monoisotopic (exact) mass is 353 g/mol. The van der Waals surface area contributed by atoms with Crippen LogP contribution in [0.1, 0.15) is 41.4 Å². The average Bonchev–Trinajstić information content (AvgIpc) is 3.26. The van der Waals surface area contributed by atoms with E-state index < -0.39 is 0 Å². The molecule has 5 nitrogen and oxygen atoms in total. The molecule has 0 saturated carbocycles. The highest BCUT2D eigenvalue weighted by Crippen LogP contribution is 2.33. The number of carbonyl (C=O) groups excluding carboxylic acids is 1. The highest BCUT2D eigenvalue weighted by molar-refractivity contribution is 5.93. The van der Waals surface area contributed by atoms with Crippen molar-refractivity contribution in [2.75, 3.05) is 25.0 Å². The number of benzene rings is 1. The first-order valence-corrected chi connectivity index (χ1v) is 9.55. The number of furan rings is 1. The number of amides is 1. The van der Waals surface area contributed by atoms with Gasteiger partial charge in [0.1, 0.15) is 0 Å². The largest absolute Gasteiger partial charge is 0.459 e. The topological polar surface area (TPSA) is 48.7 Å². The lowest BCUT2D eigenvalue weighted by Gasteiger charge is -2.31. The van der Waals surface area contributed by atoms with Crippen LogP contribution in [0.2, 0.25) is 0 Å². The van der Waals surface area contributed by atoms with Crippen LogP contribution in [-0.2, 0) is 13.0 Å². The first-order chi connectivity index (χ1) is 12.7. The Kier molecular flexibility index (Phi) is 4.72. The second-order valence-electron chi connectivity index (χ2n) is 7.44. The van der Waals surface area contributed by atoms with Crippen molar-refractivity contribution in [3.63, 3.8) is 0 Å². The quantitative estimate of drug-likeness (QED) is 0.918. The van der Waals surface area contributed by atoms with Gasteiger partial charge in [-0.3, -0.25) is 4.79 Å². The van der Waals surface area contributed by atoms with E-state index in [1.54, 1.807) is 6.26 Å². The maximum Gasteiger partial charge on any atom is 0.289 e. The zero-order valence-corrected chi connectivity index (χ0v) is 15.6. The summed E-state index contributed by atoms with van der Waals surface area (Å²) < 4.78 is 5.63. The molecule has 0 spiro atoms. The van der Waals surface area contributed by atoms with E-state index >= 15 is 0 Å². The Morgan fingerprint density at radius 1 is 1.23 bits per heavy atom. The van der Waals surface area contributed by atoms with Crippen molar-refractivity contribution >= 4 is 11.6 Å². The van der Waals surface area contributed by atoms with Crippen LogP contribution in [-0.4, -0.2) is 43.0 Å².